The first-order valence-corrected chi connectivity index (χ1v) is 6.77. The molecule has 0 aliphatic carbocycles. The highest BCUT2D eigenvalue weighted by atomic mass is 16.5. The van der Waals surface area contributed by atoms with Crippen molar-refractivity contribution in [1.29, 1.82) is 0 Å². The van der Waals surface area contributed by atoms with Gasteiger partial charge in [-0.05, 0) is 24.3 Å². The molecular formula is C14H15N5O3. The lowest BCUT2D eigenvalue weighted by atomic mass is 10.1. The van der Waals surface area contributed by atoms with E-state index in [-0.39, 0.29) is 18.2 Å². The van der Waals surface area contributed by atoms with Crippen molar-refractivity contribution in [2.24, 2.45) is 5.92 Å². The quantitative estimate of drug-likeness (QED) is 0.883. The van der Waals surface area contributed by atoms with Gasteiger partial charge in [0, 0.05) is 18.7 Å². The standard InChI is InChI=1S/C14H15N5O3/c1-22-12-4-2-11(3-5-12)19-7-10(6-13(19)20)14(21)17-18-8-15-16-9-18/h2-5,8-10H,6-7H2,1H3,(H,17,21). The van der Waals surface area contributed by atoms with Gasteiger partial charge in [-0.25, -0.2) is 4.68 Å². The van der Waals surface area contributed by atoms with E-state index in [0.717, 1.165) is 11.4 Å². The zero-order chi connectivity index (χ0) is 15.5. The largest absolute Gasteiger partial charge is 0.497 e. The second-order valence-electron chi connectivity index (χ2n) is 4.95. The number of nitrogens with one attached hydrogen (secondary N) is 1. The number of rotatable bonds is 4. The summed E-state index contributed by atoms with van der Waals surface area (Å²) >= 11 is 0. The second kappa shape index (κ2) is 5.84. The first-order chi connectivity index (χ1) is 10.7. The molecule has 0 radical (unpaired) electrons. The lowest BCUT2D eigenvalue weighted by molar-refractivity contribution is -0.123. The average molecular weight is 301 g/mol. The van der Waals surface area contributed by atoms with Crippen LogP contribution in [-0.2, 0) is 9.59 Å². The van der Waals surface area contributed by atoms with E-state index in [1.807, 2.05) is 0 Å². The van der Waals surface area contributed by atoms with Crippen molar-refractivity contribution < 1.29 is 14.3 Å². The van der Waals surface area contributed by atoms with Crippen molar-refractivity contribution in [3.05, 3.63) is 36.9 Å². The van der Waals surface area contributed by atoms with Crippen LogP contribution >= 0.6 is 0 Å². The van der Waals surface area contributed by atoms with E-state index in [1.54, 1.807) is 36.3 Å². The lowest BCUT2D eigenvalue weighted by Crippen LogP contribution is -2.31. The van der Waals surface area contributed by atoms with Gasteiger partial charge in [0.15, 0.2) is 0 Å². The van der Waals surface area contributed by atoms with Crippen LogP contribution < -0.4 is 15.1 Å². The third-order valence-electron chi connectivity index (χ3n) is 3.54. The summed E-state index contributed by atoms with van der Waals surface area (Å²) in [4.78, 5) is 25.9. The number of carbonyl (C=O) groups excluding carboxylic acids is 2. The van der Waals surface area contributed by atoms with Crippen LogP contribution in [0.3, 0.4) is 0 Å². The van der Waals surface area contributed by atoms with Gasteiger partial charge in [-0.2, -0.15) is 0 Å². The molecule has 2 heterocycles. The summed E-state index contributed by atoms with van der Waals surface area (Å²) in [7, 11) is 1.58. The summed E-state index contributed by atoms with van der Waals surface area (Å²) in [5.74, 6) is 0.00698. The molecule has 8 heteroatoms. The predicted octanol–water partition coefficient (Wildman–Crippen LogP) is 0.410. The fraction of sp³-hybridized carbons (Fsp3) is 0.286. The minimum absolute atomic E-state index is 0.0749. The fourth-order valence-corrected chi connectivity index (χ4v) is 2.37. The molecule has 8 nitrogen and oxygen atoms in total. The smallest absolute Gasteiger partial charge is 0.244 e. The molecule has 114 valence electrons. The maximum Gasteiger partial charge on any atom is 0.244 e. The number of amides is 2. The highest BCUT2D eigenvalue weighted by Crippen LogP contribution is 2.26. The number of hydrogen-bond acceptors (Lipinski definition) is 5. The number of aromatic nitrogens is 3. The molecule has 1 aliphatic heterocycles. The maximum absolute atomic E-state index is 12.1. The Balaban J connectivity index is 1.68. The van der Waals surface area contributed by atoms with Gasteiger partial charge in [0.25, 0.3) is 0 Å². The van der Waals surface area contributed by atoms with Crippen molar-refractivity contribution in [3.63, 3.8) is 0 Å². The number of benzene rings is 1. The van der Waals surface area contributed by atoms with Gasteiger partial charge in [-0.15, -0.1) is 10.2 Å². The third kappa shape index (κ3) is 2.76. The zero-order valence-electron chi connectivity index (χ0n) is 12.0. The van der Waals surface area contributed by atoms with E-state index in [1.165, 1.54) is 17.3 Å². The fourth-order valence-electron chi connectivity index (χ4n) is 2.37. The van der Waals surface area contributed by atoms with Crippen LogP contribution in [0.15, 0.2) is 36.9 Å². The molecule has 1 aromatic heterocycles. The Labute approximate surface area is 126 Å². The van der Waals surface area contributed by atoms with E-state index in [9.17, 15) is 9.59 Å². The van der Waals surface area contributed by atoms with Crippen molar-refractivity contribution in [1.82, 2.24) is 14.9 Å². The minimum atomic E-state index is -0.406. The molecular weight excluding hydrogens is 286 g/mol. The van der Waals surface area contributed by atoms with Crippen molar-refractivity contribution >= 4 is 17.5 Å². The monoisotopic (exact) mass is 301 g/mol. The molecule has 1 fully saturated rings. The van der Waals surface area contributed by atoms with Crippen LogP contribution in [0, 0.1) is 5.92 Å². The van der Waals surface area contributed by atoms with Crippen LogP contribution in [0.25, 0.3) is 0 Å². The molecule has 0 saturated carbocycles. The van der Waals surface area contributed by atoms with Crippen LogP contribution in [0.1, 0.15) is 6.42 Å². The van der Waals surface area contributed by atoms with Gasteiger partial charge in [0.05, 0.1) is 13.0 Å². The summed E-state index contributed by atoms with van der Waals surface area (Å²) in [6, 6.07) is 7.17. The molecule has 1 aliphatic rings. The SMILES string of the molecule is COc1ccc(N2CC(C(=O)Nn3cnnc3)CC2=O)cc1. The lowest BCUT2D eigenvalue weighted by Gasteiger charge is -2.17. The average Bonchev–Trinajstić information content (AvgIpc) is 3.17. The molecule has 0 bridgehead atoms. The highest BCUT2D eigenvalue weighted by Gasteiger charge is 2.35. The molecule has 0 spiro atoms. The number of carbonyl (C=O) groups is 2. The number of anilines is 1. The van der Waals surface area contributed by atoms with Crippen LogP contribution in [0.2, 0.25) is 0 Å². The Morgan fingerprint density at radius 2 is 1.95 bits per heavy atom. The summed E-state index contributed by atoms with van der Waals surface area (Å²) < 4.78 is 6.46. The van der Waals surface area contributed by atoms with Gasteiger partial charge in [-0.1, -0.05) is 0 Å². The van der Waals surface area contributed by atoms with Crippen LogP contribution in [-0.4, -0.2) is 40.3 Å². The third-order valence-corrected chi connectivity index (χ3v) is 3.54. The Hall–Kier alpha value is -2.90. The molecule has 1 aromatic carbocycles. The molecule has 2 amide bonds. The molecule has 1 unspecified atom stereocenters. The van der Waals surface area contributed by atoms with Crippen molar-refractivity contribution in [2.75, 3.05) is 24.0 Å². The van der Waals surface area contributed by atoms with Gasteiger partial charge < -0.3 is 9.64 Å². The van der Waals surface area contributed by atoms with Gasteiger partial charge in [0.2, 0.25) is 11.8 Å². The minimum Gasteiger partial charge on any atom is -0.497 e. The number of nitrogens with zero attached hydrogens (tertiary/aromatic N) is 4. The first-order valence-electron chi connectivity index (χ1n) is 6.77. The number of hydrogen-bond donors (Lipinski definition) is 1. The molecule has 3 rings (SSSR count). The van der Waals surface area contributed by atoms with Gasteiger partial charge in [0.1, 0.15) is 18.4 Å². The topological polar surface area (TPSA) is 89.3 Å². The van der Waals surface area contributed by atoms with E-state index in [2.05, 4.69) is 15.6 Å². The summed E-state index contributed by atoms with van der Waals surface area (Å²) in [6.07, 6.45) is 2.95. The second-order valence-corrected chi connectivity index (χ2v) is 4.95. The highest BCUT2D eigenvalue weighted by molar-refractivity contribution is 6.01. The molecule has 2 aromatic rings. The van der Waals surface area contributed by atoms with Crippen LogP contribution in [0.4, 0.5) is 5.69 Å². The summed E-state index contributed by atoms with van der Waals surface area (Å²) in [6.45, 7) is 0.346. The Kier molecular flexibility index (Phi) is 3.73. The maximum atomic E-state index is 12.1. The van der Waals surface area contributed by atoms with Gasteiger partial charge >= 0.3 is 0 Å². The van der Waals surface area contributed by atoms with E-state index in [4.69, 9.17) is 4.74 Å². The molecule has 1 N–H and O–H groups in total. The Bertz CT molecular complexity index is 668. The number of methoxy groups -OCH3 is 1. The first kappa shape index (κ1) is 14.1. The van der Waals surface area contributed by atoms with E-state index in [0.29, 0.717) is 6.54 Å². The van der Waals surface area contributed by atoms with Crippen LogP contribution in [0.5, 0.6) is 5.75 Å². The Morgan fingerprint density at radius 3 is 2.59 bits per heavy atom. The predicted molar refractivity (Wildman–Crippen MR) is 77.8 cm³/mol. The molecule has 1 saturated heterocycles. The molecule has 1 atom stereocenters. The normalized spacial score (nSPS) is 17.6. The van der Waals surface area contributed by atoms with Crippen molar-refractivity contribution in [2.45, 2.75) is 6.42 Å². The van der Waals surface area contributed by atoms with Gasteiger partial charge in [-0.3, -0.25) is 15.0 Å². The van der Waals surface area contributed by atoms with E-state index < -0.39 is 5.92 Å². The summed E-state index contributed by atoms with van der Waals surface area (Å²) in [5, 5.41) is 7.21. The zero-order valence-corrected chi connectivity index (χ0v) is 12.0. The summed E-state index contributed by atoms with van der Waals surface area (Å²) in [5.41, 5.74) is 3.38. The van der Waals surface area contributed by atoms with E-state index >= 15 is 0 Å². The Morgan fingerprint density at radius 1 is 1.27 bits per heavy atom. The molecule has 22 heavy (non-hydrogen) atoms. The number of ether oxygens (including phenoxy) is 1. The van der Waals surface area contributed by atoms with Crippen molar-refractivity contribution in [3.8, 4) is 5.75 Å².